The molecule has 0 atom stereocenters. The second-order valence-corrected chi connectivity index (χ2v) is 3.53. The van der Waals surface area contributed by atoms with Crippen molar-refractivity contribution < 1.29 is 5.21 Å². The van der Waals surface area contributed by atoms with Crippen molar-refractivity contribution in [3.63, 3.8) is 0 Å². The van der Waals surface area contributed by atoms with Crippen LogP contribution in [0.5, 0.6) is 0 Å². The van der Waals surface area contributed by atoms with Gasteiger partial charge in [-0.25, -0.2) is 0 Å². The van der Waals surface area contributed by atoms with E-state index in [1.807, 2.05) is 48.5 Å². The molecule has 2 heteroatoms. The minimum Gasteiger partial charge on any atom is -0.145 e. The van der Waals surface area contributed by atoms with Gasteiger partial charge in [-0.3, -0.25) is 0 Å². The number of hydrogen-bond donors (Lipinski definition) is 0. The van der Waals surface area contributed by atoms with E-state index in [0.717, 1.165) is 22.3 Å². The summed E-state index contributed by atoms with van der Waals surface area (Å²) in [5.74, 6) is 0. The number of rotatable bonds is 0. The summed E-state index contributed by atoms with van der Waals surface area (Å²) in [6.07, 6.45) is 0. The van der Waals surface area contributed by atoms with Gasteiger partial charge >= 0.3 is 0 Å². The smallest absolute Gasteiger partial charge is 0.123 e. The molecule has 0 amide bonds. The predicted molar refractivity (Wildman–Crippen MR) is 58.2 cm³/mol. The van der Waals surface area contributed by atoms with E-state index in [9.17, 15) is 5.21 Å². The zero-order valence-corrected chi connectivity index (χ0v) is 7.97. The fourth-order valence-corrected chi connectivity index (χ4v) is 2.09. The van der Waals surface area contributed by atoms with Gasteiger partial charge in [0.05, 0.1) is 0 Å². The Balaban J connectivity index is 2.41. The summed E-state index contributed by atoms with van der Waals surface area (Å²) in [7, 11) is 0. The van der Waals surface area contributed by atoms with Crippen LogP contribution in [0.4, 0.5) is 0 Å². The van der Waals surface area contributed by atoms with Crippen molar-refractivity contribution in [2.45, 2.75) is 0 Å². The van der Waals surface area contributed by atoms with Gasteiger partial charge in [0.2, 0.25) is 0 Å². The highest BCUT2D eigenvalue weighted by Crippen LogP contribution is 2.36. The van der Waals surface area contributed by atoms with E-state index in [0.29, 0.717) is 5.71 Å². The molecule has 2 nitrogen and oxygen atoms in total. The lowest BCUT2D eigenvalue weighted by atomic mass is 10.1. The van der Waals surface area contributed by atoms with E-state index in [1.165, 1.54) is 0 Å². The molecular weight excluding hydrogens is 186 g/mol. The average Bonchev–Trinajstić information content (AvgIpc) is 2.63. The Kier molecular flexibility index (Phi) is 1.62. The Morgan fingerprint density at radius 3 is 1.47 bits per heavy atom. The molecule has 0 saturated carbocycles. The lowest BCUT2D eigenvalue weighted by Gasteiger charge is -1.96. The van der Waals surface area contributed by atoms with Crippen LogP contribution in [0.15, 0.2) is 53.7 Å². The highest BCUT2D eigenvalue weighted by molar-refractivity contribution is 6.24. The Morgan fingerprint density at radius 1 is 0.667 bits per heavy atom. The van der Waals surface area contributed by atoms with Crippen LogP contribution in [0.2, 0.25) is 0 Å². The molecule has 1 aliphatic carbocycles. The van der Waals surface area contributed by atoms with Crippen LogP contribution in [-0.2, 0) is 5.21 Å². The van der Waals surface area contributed by atoms with Gasteiger partial charge in [-0.2, -0.15) is 0 Å². The zero-order chi connectivity index (χ0) is 10.3. The maximum Gasteiger partial charge on any atom is 0.123 e. The summed E-state index contributed by atoms with van der Waals surface area (Å²) in [5, 5.41) is 14.0. The molecule has 3 rings (SSSR count). The molecule has 1 radical (unpaired) electrons. The van der Waals surface area contributed by atoms with Crippen molar-refractivity contribution in [2.24, 2.45) is 5.16 Å². The molecule has 1 aliphatic rings. The molecule has 0 spiro atoms. The van der Waals surface area contributed by atoms with E-state index in [2.05, 4.69) is 5.16 Å². The van der Waals surface area contributed by atoms with Crippen LogP contribution < -0.4 is 0 Å². The van der Waals surface area contributed by atoms with Crippen LogP contribution in [0.3, 0.4) is 0 Å². The minimum atomic E-state index is 0.557. The van der Waals surface area contributed by atoms with E-state index < -0.39 is 0 Å². The van der Waals surface area contributed by atoms with Gasteiger partial charge in [-0.05, 0) is 16.3 Å². The maximum absolute atomic E-state index is 10.8. The van der Waals surface area contributed by atoms with Gasteiger partial charge in [0.15, 0.2) is 0 Å². The van der Waals surface area contributed by atoms with Crippen molar-refractivity contribution in [1.82, 2.24) is 0 Å². The van der Waals surface area contributed by atoms with Crippen LogP contribution in [-0.4, -0.2) is 5.71 Å². The molecule has 15 heavy (non-hydrogen) atoms. The number of fused-ring (bicyclic) bond motifs is 3. The van der Waals surface area contributed by atoms with E-state index in [1.54, 1.807) is 0 Å². The lowest BCUT2D eigenvalue weighted by Crippen LogP contribution is -1.96. The van der Waals surface area contributed by atoms with Crippen molar-refractivity contribution in [3.05, 3.63) is 59.7 Å². The first-order valence-electron chi connectivity index (χ1n) is 4.81. The third kappa shape index (κ3) is 1.02. The normalized spacial score (nSPS) is 12.1. The summed E-state index contributed by atoms with van der Waals surface area (Å²) in [4.78, 5) is 0. The molecule has 0 aliphatic heterocycles. The van der Waals surface area contributed by atoms with Crippen LogP contribution >= 0.6 is 0 Å². The van der Waals surface area contributed by atoms with Gasteiger partial charge in [0.1, 0.15) is 5.71 Å². The van der Waals surface area contributed by atoms with Gasteiger partial charge in [-0.15, -0.1) is 5.21 Å². The van der Waals surface area contributed by atoms with Gasteiger partial charge < -0.3 is 0 Å². The van der Waals surface area contributed by atoms with Crippen molar-refractivity contribution in [1.29, 1.82) is 0 Å². The maximum atomic E-state index is 10.8. The number of hydrogen-bond acceptors (Lipinski definition) is 1. The third-order valence-electron chi connectivity index (χ3n) is 2.75. The van der Waals surface area contributed by atoms with Crippen LogP contribution in [0, 0.1) is 0 Å². The number of nitrogens with zero attached hydrogens (tertiary/aromatic N) is 1. The molecule has 0 aromatic heterocycles. The highest BCUT2D eigenvalue weighted by Gasteiger charge is 2.24. The predicted octanol–water partition coefficient (Wildman–Crippen LogP) is 2.85. The highest BCUT2D eigenvalue weighted by atomic mass is 16.4. The minimum absolute atomic E-state index is 0.557. The largest absolute Gasteiger partial charge is 0.145 e. The first-order valence-corrected chi connectivity index (χ1v) is 4.81. The van der Waals surface area contributed by atoms with Gasteiger partial charge in [0.25, 0.3) is 0 Å². The molecule has 0 N–H and O–H groups in total. The SMILES string of the molecule is [O]N=C1c2ccccc2-c2ccccc21. The summed E-state index contributed by atoms with van der Waals surface area (Å²) in [5.41, 5.74) is 4.63. The molecule has 71 valence electrons. The lowest BCUT2D eigenvalue weighted by molar-refractivity contribution is 0.210. The van der Waals surface area contributed by atoms with Crippen molar-refractivity contribution in [3.8, 4) is 11.1 Å². The van der Waals surface area contributed by atoms with Crippen LogP contribution in [0.25, 0.3) is 11.1 Å². The van der Waals surface area contributed by atoms with E-state index in [-0.39, 0.29) is 0 Å². The molecule has 0 saturated heterocycles. The second-order valence-electron chi connectivity index (χ2n) is 3.53. The standard InChI is InChI=1S/C13H8NO/c15-14-13-11-7-3-1-5-9(11)10-6-2-4-8-12(10)13/h1-8H. The van der Waals surface area contributed by atoms with E-state index >= 15 is 0 Å². The third-order valence-corrected chi connectivity index (χ3v) is 2.75. The molecule has 2 aromatic carbocycles. The average molecular weight is 194 g/mol. The Morgan fingerprint density at radius 2 is 1.07 bits per heavy atom. The zero-order valence-electron chi connectivity index (χ0n) is 7.97. The van der Waals surface area contributed by atoms with Gasteiger partial charge in [0, 0.05) is 11.1 Å². The molecular formula is C13H8NO. The van der Waals surface area contributed by atoms with Crippen molar-refractivity contribution in [2.75, 3.05) is 0 Å². The monoisotopic (exact) mass is 194 g/mol. The Labute approximate surface area is 87.5 Å². The first kappa shape index (κ1) is 8.24. The molecule has 2 aromatic rings. The van der Waals surface area contributed by atoms with Crippen molar-refractivity contribution >= 4 is 5.71 Å². The fourth-order valence-electron chi connectivity index (χ4n) is 2.09. The Hall–Kier alpha value is -2.09. The topological polar surface area (TPSA) is 32.3 Å². The molecule has 0 unspecified atom stereocenters. The first-order chi connectivity index (χ1) is 7.42. The van der Waals surface area contributed by atoms with Gasteiger partial charge in [-0.1, -0.05) is 48.5 Å². The summed E-state index contributed by atoms with van der Waals surface area (Å²) < 4.78 is 0. The molecule has 0 heterocycles. The summed E-state index contributed by atoms with van der Waals surface area (Å²) in [6.45, 7) is 0. The summed E-state index contributed by atoms with van der Waals surface area (Å²) >= 11 is 0. The van der Waals surface area contributed by atoms with E-state index in [4.69, 9.17) is 0 Å². The quantitative estimate of drug-likeness (QED) is 0.493. The van der Waals surface area contributed by atoms with Crippen LogP contribution in [0.1, 0.15) is 11.1 Å². The number of benzene rings is 2. The molecule has 0 bridgehead atoms. The molecule has 0 fully saturated rings. The Bertz CT molecular complexity index is 510. The fraction of sp³-hybridized carbons (Fsp3) is 0. The second kappa shape index (κ2) is 2.95. The summed E-state index contributed by atoms with van der Waals surface area (Å²) in [6, 6.07) is 15.7.